The Morgan fingerprint density at radius 1 is 0.893 bits per heavy atom. The van der Waals surface area contributed by atoms with E-state index in [0.29, 0.717) is 35.4 Å². The highest BCUT2D eigenvalue weighted by Gasteiger charge is 2.33. The third-order valence-corrected chi connectivity index (χ3v) is 8.97. The molecule has 3 aliphatic rings. The highest BCUT2D eigenvalue weighted by atomic mass is 32.2. The molecule has 0 N–H and O–H groups in total. The summed E-state index contributed by atoms with van der Waals surface area (Å²) in [5.74, 6) is 2.06. The van der Waals surface area contributed by atoms with E-state index < -0.39 is 10.0 Å². The molecule has 2 saturated heterocycles. The van der Waals surface area contributed by atoms with Gasteiger partial charge in [0.15, 0.2) is 0 Å². The van der Waals surface area contributed by atoms with Crippen molar-refractivity contribution >= 4 is 15.9 Å². The molecule has 1 aromatic rings. The van der Waals surface area contributed by atoms with E-state index in [2.05, 4.69) is 6.92 Å². The monoisotopic (exact) mass is 404 g/mol. The summed E-state index contributed by atoms with van der Waals surface area (Å²) in [5.41, 5.74) is 0.598. The standard InChI is InChI=1S/C22H32N2O3S/c1-17-10-14-24(15-11-17)28(26,27)21-8-6-19(7-9-21)22(25)23-13-12-18-4-2-3-5-20(18)16-23/h6-9,17-18,20H,2-5,10-16H2,1H3. The Kier molecular flexibility index (Phi) is 5.79. The second-order valence-electron chi connectivity index (χ2n) is 8.96. The van der Waals surface area contributed by atoms with Crippen LogP contribution in [-0.4, -0.2) is 49.7 Å². The van der Waals surface area contributed by atoms with Gasteiger partial charge in [0.1, 0.15) is 0 Å². The van der Waals surface area contributed by atoms with Gasteiger partial charge in [-0.15, -0.1) is 0 Å². The zero-order chi connectivity index (χ0) is 19.7. The topological polar surface area (TPSA) is 57.7 Å². The summed E-state index contributed by atoms with van der Waals surface area (Å²) >= 11 is 0. The highest BCUT2D eigenvalue weighted by Crippen LogP contribution is 2.36. The van der Waals surface area contributed by atoms with E-state index in [1.54, 1.807) is 28.6 Å². The van der Waals surface area contributed by atoms with Gasteiger partial charge < -0.3 is 4.90 Å². The van der Waals surface area contributed by atoms with Crippen LogP contribution in [0.5, 0.6) is 0 Å². The van der Waals surface area contributed by atoms with Crippen LogP contribution >= 0.6 is 0 Å². The SMILES string of the molecule is CC1CCN(S(=O)(=O)c2ccc(C(=O)N3CCC4CCCCC4C3)cc2)CC1. The van der Waals surface area contributed by atoms with Crippen LogP contribution in [0.1, 0.15) is 62.2 Å². The van der Waals surface area contributed by atoms with Crippen LogP contribution in [0, 0.1) is 17.8 Å². The molecular formula is C22H32N2O3S. The van der Waals surface area contributed by atoms with Crippen molar-refractivity contribution in [3.05, 3.63) is 29.8 Å². The van der Waals surface area contributed by atoms with Gasteiger partial charge in [0.05, 0.1) is 4.90 Å². The molecule has 2 atom stereocenters. The molecule has 2 heterocycles. The average molecular weight is 405 g/mol. The highest BCUT2D eigenvalue weighted by molar-refractivity contribution is 7.89. The maximum atomic E-state index is 12.9. The van der Waals surface area contributed by atoms with E-state index in [1.807, 2.05) is 4.90 Å². The number of nitrogens with zero attached hydrogens (tertiary/aromatic N) is 2. The molecule has 6 heteroatoms. The predicted octanol–water partition coefficient (Wildman–Crippen LogP) is 3.76. The third kappa shape index (κ3) is 3.99. The quantitative estimate of drug-likeness (QED) is 0.771. The molecular weight excluding hydrogens is 372 g/mol. The summed E-state index contributed by atoms with van der Waals surface area (Å²) in [6, 6.07) is 6.59. The van der Waals surface area contributed by atoms with Gasteiger partial charge in [0.25, 0.3) is 5.91 Å². The maximum Gasteiger partial charge on any atom is 0.253 e. The second-order valence-corrected chi connectivity index (χ2v) is 10.9. The Morgan fingerprint density at radius 2 is 1.54 bits per heavy atom. The first kappa shape index (κ1) is 19.9. The number of fused-ring (bicyclic) bond motifs is 1. The second kappa shape index (κ2) is 8.15. The lowest BCUT2D eigenvalue weighted by Gasteiger charge is -2.41. The van der Waals surface area contributed by atoms with Gasteiger partial charge in [0.2, 0.25) is 10.0 Å². The maximum absolute atomic E-state index is 12.9. The number of amides is 1. The number of hydrogen-bond acceptors (Lipinski definition) is 3. The van der Waals surface area contributed by atoms with Gasteiger partial charge in [0, 0.05) is 31.7 Å². The van der Waals surface area contributed by atoms with Crippen LogP contribution in [-0.2, 0) is 10.0 Å². The van der Waals surface area contributed by atoms with Crippen molar-refractivity contribution in [3.63, 3.8) is 0 Å². The van der Waals surface area contributed by atoms with Crippen molar-refractivity contribution in [2.45, 2.75) is 56.8 Å². The number of carbonyl (C=O) groups is 1. The van der Waals surface area contributed by atoms with Gasteiger partial charge in [-0.3, -0.25) is 4.79 Å². The van der Waals surface area contributed by atoms with Crippen molar-refractivity contribution in [1.29, 1.82) is 0 Å². The van der Waals surface area contributed by atoms with Crippen LogP contribution in [0.15, 0.2) is 29.2 Å². The molecule has 154 valence electrons. The Balaban J connectivity index is 1.43. The number of piperidine rings is 2. The summed E-state index contributed by atoms with van der Waals surface area (Å²) in [5, 5.41) is 0. The lowest BCUT2D eigenvalue weighted by Crippen LogP contribution is -2.44. The van der Waals surface area contributed by atoms with E-state index >= 15 is 0 Å². The summed E-state index contributed by atoms with van der Waals surface area (Å²) in [4.78, 5) is 15.2. The largest absolute Gasteiger partial charge is 0.338 e. The van der Waals surface area contributed by atoms with Crippen LogP contribution in [0.3, 0.4) is 0 Å². The van der Waals surface area contributed by atoms with Gasteiger partial charge in [-0.05, 0) is 67.7 Å². The predicted molar refractivity (Wildman–Crippen MR) is 110 cm³/mol. The number of rotatable bonds is 3. The third-order valence-electron chi connectivity index (χ3n) is 7.06. The van der Waals surface area contributed by atoms with E-state index in [0.717, 1.165) is 38.3 Å². The molecule has 0 bridgehead atoms. The minimum atomic E-state index is -3.46. The zero-order valence-electron chi connectivity index (χ0n) is 16.8. The molecule has 0 radical (unpaired) electrons. The first-order valence-electron chi connectivity index (χ1n) is 10.8. The Bertz CT molecular complexity index is 798. The molecule has 2 unspecified atom stereocenters. The molecule has 2 aliphatic heterocycles. The van der Waals surface area contributed by atoms with Crippen molar-refractivity contribution in [2.75, 3.05) is 26.2 Å². The number of likely N-dealkylation sites (tertiary alicyclic amines) is 1. The number of benzene rings is 1. The van der Waals surface area contributed by atoms with E-state index in [-0.39, 0.29) is 5.91 Å². The summed E-state index contributed by atoms with van der Waals surface area (Å²) in [7, 11) is -3.46. The molecule has 0 aromatic heterocycles. The smallest absolute Gasteiger partial charge is 0.253 e. The fourth-order valence-corrected chi connectivity index (χ4v) is 6.58. The van der Waals surface area contributed by atoms with E-state index in [1.165, 1.54) is 25.7 Å². The molecule has 1 amide bonds. The van der Waals surface area contributed by atoms with E-state index in [4.69, 9.17) is 0 Å². The van der Waals surface area contributed by atoms with Crippen molar-refractivity contribution in [2.24, 2.45) is 17.8 Å². The van der Waals surface area contributed by atoms with E-state index in [9.17, 15) is 13.2 Å². The molecule has 1 saturated carbocycles. The first-order chi connectivity index (χ1) is 13.4. The minimum Gasteiger partial charge on any atom is -0.338 e. The number of carbonyl (C=O) groups excluding carboxylic acids is 1. The molecule has 3 fully saturated rings. The van der Waals surface area contributed by atoms with Crippen LogP contribution in [0.4, 0.5) is 0 Å². The minimum absolute atomic E-state index is 0.0415. The first-order valence-corrected chi connectivity index (χ1v) is 12.3. The summed E-state index contributed by atoms with van der Waals surface area (Å²) in [6.07, 6.45) is 8.09. The molecule has 1 aliphatic carbocycles. The number of hydrogen-bond donors (Lipinski definition) is 0. The average Bonchev–Trinajstić information content (AvgIpc) is 2.73. The fraction of sp³-hybridized carbons (Fsp3) is 0.682. The Hall–Kier alpha value is -1.40. The van der Waals surface area contributed by atoms with Crippen LogP contribution in [0.25, 0.3) is 0 Å². The number of sulfonamides is 1. The van der Waals surface area contributed by atoms with Crippen molar-refractivity contribution in [1.82, 2.24) is 9.21 Å². The van der Waals surface area contributed by atoms with Gasteiger partial charge >= 0.3 is 0 Å². The molecule has 28 heavy (non-hydrogen) atoms. The lowest BCUT2D eigenvalue weighted by atomic mass is 9.75. The Labute approximate surface area is 169 Å². The Morgan fingerprint density at radius 3 is 2.21 bits per heavy atom. The van der Waals surface area contributed by atoms with Crippen LogP contribution < -0.4 is 0 Å². The normalized spacial score (nSPS) is 27.4. The van der Waals surface area contributed by atoms with Gasteiger partial charge in [-0.2, -0.15) is 4.31 Å². The molecule has 0 spiro atoms. The zero-order valence-corrected chi connectivity index (χ0v) is 17.7. The van der Waals surface area contributed by atoms with Crippen LogP contribution in [0.2, 0.25) is 0 Å². The van der Waals surface area contributed by atoms with Gasteiger partial charge in [-0.25, -0.2) is 8.42 Å². The summed E-state index contributed by atoms with van der Waals surface area (Å²) in [6.45, 7) is 5.02. The van der Waals surface area contributed by atoms with Gasteiger partial charge in [-0.1, -0.05) is 26.2 Å². The van der Waals surface area contributed by atoms with Crippen molar-refractivity contribution in [3.8, 4) is 0 Å². The fourth-order valence-electron chi connectivity index (χ4n) is 5.11. The lowest BCUT2D eigenvalue weighted by molar-refractivity contribution is 0.0521. The van der Waals surface area contributed by atoms with Crippen molar-refractivity contribution < 1.29 is 13.2 Å². The summed E-state index contributed by atoms with van der Waals surface area (Å²) < 4.78 is 27.3. The molecule has 4 rings (SSSR count). The molecule has 1 aromatic carbocycles. The molecule has 5 nitrogen and oxygen atoms in total.